The van der Waals surface area contributed by atoms with E-state index in [4.69, 9.17) is 9.47 Å². The maximum absolute atomic E-state index is 10.7. The van der Waals surface area contributed by atoms with Crippen LogP contribution in [0.15, 0.2) is 18.2 Å². The molecule has 2 fully saturated rings. The lowest BCUT2D eigenvalue weighted by molar-refractivity contribution is -0.132. The topological polar surface area (TPSA) is 38.8 Å². The van der Waals surface area contributed by atoms with Gasteiger partial charge in [-0.1, -0.05) is 6.07 Å². The second-order valence-corrected chi connectivity index (χ2v) is 6.41. The van der Waals surface area contributed by atoms with E-state index in [1.807, 2.05) is 30.0 Å². The molecule has 1 aromatic carbocycles. The van der Waals surface area contributed by atoms with E-state index in [1.165, 1.54) is 0 Å². The molecule has 21 heavy (non-hydrogen) atoms. The molecule has 1 spiro atoms. The SMILES string of the molecule is COc1cccc(OC2CCC3(CC2)CN(C=O)C3)c1C. The third-order valence-electron chi connectivity index (χ3n) is 4.97. The van der Waals surface area contributed by atoms with Crippen LogP contribution in [-0.4, -0.2) is 37.6 Å². The van der Waals surface area contributed by atoms with Gasteiger partial charge in [-0.3, -0.25) is 4.79 Å². The van der Waals surface area contributed by atoms with Crippen LogP contribution in [0, 0.1) is 12.3 Å². The minimum Gasteiger partial charge on any atom is -0.496 e. The summed E-state index contributed by atoms with van der Waals surface area (Å²) in [6, 6.07) is 5.94. The van der Waals surface area contributed by atoms with E-state index in [2.05, 4.69) is 0 Å². The van der Waals surface area contributed by atoms with Crippen LogP contribution in [0.4, 0.5) is 0 Å². The van der Waals surface area contributed by atoms with Crippen molar-refractivity contribution in [3.63, 3.8) is 0 Å². The largest absolute Gasteiger partial charge is 0.496 e. The molecule has 114 valence electrons. The average molecular weight is 289 g/mol. The lowest BCUT2D eigenvalue weighted by Crippen LogP contribution is -2.57. The number of benzene rings is 1. The van der Waals surface area contributed by atoms with Gasteiger partial charge in [-0.25, -0.2) is 0 Å². The number of carbonyl (C=O) groups is 1. The highest BCUT2D eigenvalue weighted by molar-refractivity contribution is 5.49. The third kappa shape index (κ3) is 2.71. The molecule has 1 saturated heterocycles. The van der Waals surface area contributed by atoms with Crippen LogP contribution >= 0.6 is 0 Å². The molecule has 0 atom stereocenters. The lowest BCUT2D eigenvalue weighted by Gasteiger charge is -2.52. The molecule has 1 aromatic rings. The van der Waals surface area contributed by atoms with Crippen LogP contribution in [0.5, 0.6) is 11.5 Å². The second kappa shape index (κ2) is 5.58. The highest BCUT2D eigenvalue weighted by atomic mass is 16.5. The first-order valence-electron chi connectivity index (χ1n) is 7.65. The molecule has 1 saturated carbocycles. The third-order valence-corrected chi connectivity index (χ3v) is 4.97. The fraction of sp³-hybridized carbons (Fsp3) is 0.588. The van der Waals surface area contributed by atoms with Crippen LogP contribution in [0.25, 0.3) is 0 Å². The summed E-state index contributed by atoms with van der Waals surface area (Å²) in [6.45, 7) is 3.90. The maximum Gasteiger partial charge on any atom is 0.209 e. The summed E-state index contributed by atoms with van der Waals surface area (Å²) in [5.74, 6) is 1.80. The molecule has 1 aliphatic heterocycles. The zero-order valence-corrected chi connectivity index (χ0v) is 12.8. The van der Waals surface area contributed by atoms with Crippen LogP contribution in [0.1, 0.15) is 31.2 Å². The van der Waals surface area contributed by atoms with E-state index in [0.717, 1.165) is 62.2 Å². The molecule has 0 bridgehead atoms. The first kappa shape index (κ1) is 14.2. The van der Waals surface area contributed by atoms with E-state index >= 15 is 0 Å². The predicted molar refractivity (Wildman–Crippen MR) is 80.7 cm³/mol. The van der Waals surface area contributed by atoms with Gasteiger partial charge in [0.1, 0.15) is 11.5 Å². The molecule has 4 nitrogen and oxygen atoms in total. The normalized spacial score (nSPS) is 21.0. The Kier molecular flexibility index (Phi) is 3.79. The van der Waals surface area contributed by atoms with Gasteiger partial charge in [0.15, 0.2) is 0 Å². The van der Waals surface area contributed by atoms with E-state index in [0.29, 0.717) is 5.41 Å². The molecule has 1 amide bonds. The number of nitrogens with zero attached hydrogens (tertiary/aromatic N) is 1. The van der Waals surface area contributed by atoms with Gasteiger partial charge in [-0.05, 0) is 44.7 Å². The monoisotopic (exact) mass is 289 g/mol. The van der Waals surface area contributed by atoms with Crippen molar-refractivity contribution >= 4 is 6.41 Å². The van der Waals surface area contributed by atoms with Crippen molar-refractivity contribution in [1.82, 2.24) is 4.90 Å². The number of methoxy groups -OCH3 is 1. The molecule has 3 rings (SSSR count). The number of hydrogen-bond donors (Lipinski definition) is 0. The fourth-order valence-electron chi connectivity index (χ4n) is 3.65. The molecule has 4 heteroatoms. The Balaban J connectivity index is 1.58. The van der Waals surface area contributed by atoms with Gasteiger partial charge in [0.05, 0.1) is 13.2 Å². The van der Waals surface area contributed by atoms with Gasteiger partial charge in [0.25, 0.3) is 0 Å². The zero-order valence-electron chi connectivity index (χ0n) is 12.8. The number of carbonyl (C=O) groups excluding carboxylic acids is 1. The molecule has 0 N–H and O–H groups in total. The molecule has 0 radical (unpaired) electrons. The van der Waals surface area contributed by atoms with Crippen molar-refractivity contribution in [3.8, 4) is 11.5 Å². The first-order valence-corrected chi connectivity index (χ1v) is 7.65. The van der Waals surface area contributed by atoms with Crippen molar-refractivity contribution in [2.45, 2.75) is 38.7 Å². The van der Waals surface area contributed by atoms with Gasteiger partial charge in [0.2, 0.25) is 6.41 Å². The molecule has 1 heterocycles. The van der Waals surface area contributed by atoms with E-state index < -0.39 is 0 Å². The summed E-state index contributed by atoms with van der Waals surface area (Å²) in [5.41, 5.74) is 1.44. The number of amides is 1. The highest BCUT2D eigenvalue weighted by Crippen LogP contribution is 2.44. The number of hydrogen-bond acceptors (Lipinski definition) is 3. The number of likely N-dealkylation sites (tertiary alicyclic amines) is 1. The molecule has 0 aromatic heterocycles. The summed E-state index contributed by atoms with van der Waals surface area (Å²) in [7, 11) is 1.69. The average Bonchev–Trinajstić information content (AvgIpc) is 2.48. The molecule has 0 unspecified atom stereocenters. The van der Waals surface area contributed by atoms with Gasteiger partial charge >= 0.3 is 0 Å². The van der Waals surface area contributed by atoms with Gasteiger partial charge < -0.3 is 14.4 Å². The lowest BCUT2D eigenvalue weighted by atomic mass is 9.68. The van der Waals surface area contributed by atoms with Crippen LogP contribution in [0.3, 0.4) is 0 Å². The number of rotatable bonds is 4. The Morgan fingerprint density at radius 1 is 1.24 bits per heavy atom. The Morgan fingerprint density at radius 3 is 2.52 bits per heavy atom. The smallest absolute Gasteiger partial charge is 0.209 e. The summed E-state index contributed by atoms with van der Waals surface area (Å²) in [6.07, 6.45) is 5.71. The Bertz CT molecular complexity index is 513. The first-order chi connectivity index (χ1) is 10.2. The van der Waals surface area contributed by atoms with Crippen molar-refractivity contribution in [2.75, 3.05) is 20.2 Å². The zero-order chi connectivity index (χ0) is 14.9. The molecule has 1 aliphatic carbocycles. The Labute approximate surface area is 126 Å². The fourth-order valence-corrected chi connectivity index (χ4v) is 3.65. The van der Waals surface area contributed by atoms with Crippen LogP contribution in [-0.2, 0) is 4.79 Å². The Hall–Kier alpha value is -1.71. The molecular formula is C17H23NO3. The van der Waals surface area contributed by atoms with E-state index in [9.17, 15) is 4.79 Å². The maximum atomic E-state index is 10.7. The minimum atomic E-state index is 0.284. The van der Waals surface area contributed by atoms with E-state index in [-0.39, 0.29) is 6.10 Å². The highest BCUT2D eigenvalue weighted by Gasteiger charge is 2.45. The van der Waals surface area contributed by atoms with Gasteiger partial charge in [-0.2, -0.15) is 0 Å². The quantitative estimate of drug-likeness (QED) is 0.800. The van der Waals surface area contributed by atoms with Crippen molar-refractivity contribution in [2.24, 2.45) is 5.41 Å². The summed E-state index contributed by atoms with van der Waals surface area (Å²) >= 11 is 0. The van der Waals surface area contributed by atoms with Gasteiger partial charge in [0, 0.05) is 24.1 Å². The molecular weight excluding hydrogens is 266 g/mol. The Morgan fingerprint density at radius 2 is 1.90 bits per heavy atom. The minimum absolute atomic E-state index is 0.284. The van der Waals surface area contributed by atoms with Crippen molar-refractivity contribution < 1.29 is 14.3 Å². The van der Waals surface area contributed by atoms with Gasteiger partial charge in [-0.15, -0.1) is 0 Å². The summed E-state index contributed by atoms with van der Waals surface area (Å²) < 4.78 is 11.5. The summed E-state index contributed by atoms with van der Waals surface area (Å²) in [4.78, 5) is 12.6. The summed E-state index contributed by atoms with van der Waals surface area (Å²) in [5, 5.41) is 0. The van der Waals surface area contributed by atoms with Crippen molar-refractivity contribution in [1.29, 1.82) is 0 Å². The second-order valence-electron chi connectivity index (χ2n) is 6.41. The predicted octanol–water partition coefficient (Wildman–Crippen LogP) is 2.78. The van der Waals surface area contributed by atoms with Crippen LogP contribution in [0.2, 0.25) is 0 Å². The van der Waals surface area contributed by atoms with Crippen LogP contribution < -0.4 is 9.47 Å². The van der Waals surface area contributed by atoms with Crippen molar-refractivity contribution in [3.05, 3.63) is 23.8 Å². The van der Waals surface area contributed by atoms with E-state index in [1.54, 1.807) is 7.11 Å². The standard InChI is InChI=1S/C17H23NO3/c1-13-15(20-2)4-3-5-16(13)21-14-6-8-17(9-7-14)10-18(11-17)12-19/h3-5,12,14H,6-11H2,1-2H3. The number of ether oxygens (including phenoxy) is 2. The molecule has 2 aliphatic rings.